The average Bonchev–Trinajstić information content (AvgIpc) is 2.91. The van der Waals surface area contributed by atoms with E-state index in [4.69, 9.17) is 0 Å². The van der Waals surface area contributed by atoms with Crippen LogP contribution in [0.1, 0.15) is 22.4 Å². The number of aromatic amines is 1. The van der Waals surface area contributed by atoms with Gasteiger partial charge in [-0.05, 0) is 56.2 Å². The van der Waals surface area contributed by atoms with Gasteiger partial charge in [0.1, 0.15) is 11.6 Å². The summed E-state index contributed by atoms with van der Waals surface area (Å²) in [6.45, 7) is 5.94. The highest BCUT2D eigenvalue weighted by atomic mass is 16.1. The molecule has 0 aliphatic rings. The van der Waals surface area contributed by atoms with Gasteiger partial charge in [0.2, 0.25) is 0 Å². The molecular weight excluding hydrogens is 310 g/mol. The van der Waals surface area contributed by atoms with E-state index >= 15 is 0 Å². The van der Waals surface area contributed by atoms with Crippen LogP contribution in [0.4, 0.5) is 5.69 Å². The van der Waals surface area contributed by atoms with Crippen molar-refractivity contribution in [1.29, 1.82) is 5.26 Å². The minimum atomic E-state index is -0.407. The molecule has 0 atom stereocenters. The molecule has 1 aromatic heterocycles. The quantitative estimate of drug-likeness (QED) is 0.543. The average molecular weight is 329 g/mol. The Hall–Kier alpha value is -3.32. The number of amides is 1. The van der Waals surface area contributed by atoms with Gasteiger partial charge in [0.25, 0.3) is 5.91 Å². The smallest absolute Gasteiger partial charge is 0.266 e. The van der Waals surface area contributed by atoms with Crippen LogP contribution in [0.2, 0.25) is 0 Å². The summed E-state index contributed by atoms with van der Waals surface area (Å²) in [4.78, 5) is 15.8. The van der Waals surface area contributed by atoms with E-state index in [0.29, 0.717) is 5.69 Å². The molecule has 124 valence electrons. The zero-order chi connectivity index (χ0) is 18.0. The molecule has 2 N–H and O–H groups in total. The number of anilines is 1. The standard InChI is InChI=1S/C21H19N3O/c1-13-8-9-17(10-14(13)2)24-21(25)16(12-22)11-19-15(3)23-20-7-5-4-6-18(19)20/h4-11,23H,1-3H3,(H,24,25)/b16-11-. The number of carbonyl (C=O) groups excluding carboxylic acids is 1. The lowest BCUT2D eigenvalue weighted by Crippen LogP contribution is -2.13. The van der Waals surface area contributed by atoms with Crippen molar-refractivity contribution < 1.29 is 4.79 Å². The van der Waals surface area contributed by atoms with Crippen molar-refractivity contribution in [3.63, 3.8) is 0 Å². The first kappa shape index (κ1) is 16.5. The van der Waals surface area contributed by atoms with Gasteiger partial charge < -0.3 is 10.3 Å². The summed E-state index contributed by atoms with van der Waals surface area (Å²) in [5.41, 5.74) is 5.78. The van der Waals surface area contributed by atoms with E-state index in [-0.39, 0.29) is 5.57 Å². The van der Waals surface area contributed by atoms with Crippen LogP contribution in [0.25, 0.3) is 17.0 Å². The van der Waals surface area contributed by atoms with E-state index in [1.807, 2.05) is 69.3 Å². The summed E-state index contributed by atoms with van der Waals surface area (Å²) < 4.78 is 0. The molecule has 25 heavy (non-hydrogen) atoms. The third kappa shape index (κ3) is 3.31. The van der Waals surface area contributed by atoms with Crippen LogP contribution >= 0.6 is 0 Å². The number of carbonyl (C=O) groups is 1. The number of para-hydroxylation sites is 1. The van der Waals surface area contributed by atoms with E-state index in [1.165, 1.54) is 0 Å². The predicted molar refractivity (Wildman–Crippen MR) is 101 cm³/mol. The Bertz CT molecular complexity index is 1030. The fourth-order valence-corrected chi connectivity index (χ4v) is 2.79. The van der Waals surface area contributed by atoms with E-state index in [0.717, 1.165) is 33.3 Å². The van der Waals surface area contributed by atoms with Gasteiger partial charge in [-0.1, -0.05) is 24.3 Å². The van der Waals surface area contributed by atoms with Crippen LogP contribution in [0.3, 0.4) is 0 Å². The summed E-state index contributed by atoms with van der Waals surface area (Å²) in [5.74, 6) is -0.407. The molecule has 4 nitrogen and oxygen atoms in total. The van der Waals surface area contributed by atoms with E-state index in [1.54, 1.807) is 6.08 Å². The number of nitriles is 1. The van der Waals surface area contributed by atoms with Crippen molar-refractivity contribution in [3.05, 3.63) is 70.4 Å². The minimum absolute atomic E-state index is 0.0751. The summed E-state index contributed by atoms with van der Waals surface area (Å²) in [7, 11) is 0. The third-order valence-electron chi connectivity index (χ3n) is 4.36. The van der Waals surface area contributed by atoms with Crippen molar-refractivity contribution in [1.82, 2.24) is 4.98 Å². The largest absolute Gasteiger partial charge is 0.358 e. The lowest BCUT2D eigenvalue weighted by Gasteiger charge is -2.07. The maximum absolute atomic E-state index is 12.5. The maximum Gasteiger partial charge on any atom is 0.266 e. The van der Waals surface area contributed by atoms with Gasteiger partial charge in [-0.2, -0.15) is 5.26 Å². The number of nitrogens with one attached hydrogen (secondary N) is 2. The molecule has 0 unspecified atom stereocenters. The molecule has 1 heterocycles. The number of rotatable bonds is 3. The summed E-state index contributed by atoms with van der Waals surface area (Å²) >= 11 is 0. The SMILES string of the molecule is Cc1ccc(NC(=O)/C(C#N)=C\c2c(C)[nH]c3ccccc23)cc1C. The molecule has 0 radical (unpaired) electrons. The lowest BCUT2D eigenvalue weighted by molar-refractivity contribution is -0.112. The number of aryl methyl sites for hydroxylation is 3. The molecule has 3 rings (SSSR count). The number of hydrogen-bond donors (Lipinski definition) is 2. The number of benzene rings is 2. The van der Waals surface area contributed by atoms with Gasteiger partial charge in [0, 0.05) is 27.8 Å². The molecule has 0 aliphatic carbocycles. The van der Waals surface area contributed by atoms with Gasteiger partial charge in [-0.15, -0.1) is 0 Å². The summed E-state index contributed by atoms with van der Waals surface area (Å²) in [5, 5.41) is 13.2. The van der Waals surface area contributed by atoms with Crippen LogP contribution in [-0.4, -0.2) is 10.9 Å². The van der Waals surface area contributed by atoms with Crippen LogP contribution in [-0.2, 0) is 4.79 Å². The first-order chi connectivity index (χ1) is 12.0. The Morgan fingerprint density at radius 1 is 1.12 bits per heavy atom. The fraction of sp³-hybridized carbons (Fsp3) is 0.143. The number of hydrogen-bond acceptors (Lipinski definition) is 2. The Labute approximate surface area is 146 Å². The Balaban J connectivity index is 1.94. The topological polar surface area (TPSA) is 68.7 Å². The Kier molecular flexibility index (Phi) is 4.40. The van der Waals surface area contributed by atoms with E-state index in [2.05, 4.69) is 10.3 Å². The van der Waals surface area contributed by atoms with Crippen LogP contribution in [0, 0.1) is 32.1 Å². The molecule has 4 heteroatoms. The van der Waals surface area contributed by atoms with Crippen molar-refractivity contribution >= 4 is 28.6 Å². The molecule has 2 aromatic carbocycles. The molecular formula is C21H19N3O. The number of aromatic nitrogens is 1. The van der Waals surface area contributed by atoms with Gasteiger partial charge in [0.05, 0.1) is 0 Å². The van der Waals surface area contributed by atoms with E-state index in [9.17, 15) is 10.1 Å². The molecule has 0 spiro atoms. The van der Waals surface area contributed by atoms with Crippen molar-refractivity contribution in [3.8, 4) is 6.07 Å². The van der Waals surface area contributed by atoms with Crippen molar-refractivity contribution in [2.45, 2.75) is 20.8 Å². The fourth-order valence-electron chi connectivity index (χ4n) is 2.79. The molecule has 0 bridgehead atoms. The highest BCUT2D eigenvalue weighted by Gasteiger charge is 2.13. The zero-order valence-electron chi connectivity index (χ0n) is 14.5. The lowest BCUT2D eigenvalue weighted by atomic mass is 10.1. The second kappa shape index (κ2) is 6.66. The van der Waals surface area contributed by atoms with Gasteiger partial charge in [-0.3, -0.25) is 4.79 Å². The van der Waals surface area contributed by atoms with Gasteiger partial charge in [0.15, 0.2) is 0 Å². The number of H-pyrrole nitrogens is 1. The zero-order valence-corrected chi connectivity index (χ0v) is 14.5. The minimum Gasteiger partial charge on any atom is -0.358 e. The molecule has 0 aliphatic heterocycles. The van der Waals surface area contributed by atoms with Crippen LogP contribution < -0.4 is 5.32 Å². The van der Waals surface area contributed by atoms with Crippen molar-refractivity contribution in [2.75, 3.05) is 5.32 Å². The monoisotopic (exact) mass is 329 g/mol. The molecule has 1 amide bonds. The predicted octanol–water partition coefficient (Wildman–Crippen LogP) is 4.64. The third-order valence-corrected chi connectivity index (χ3v) is 4.36. The molecule has 0 saturated carbocycles. The van der Waals surface area contributed by atoms with Crippen LogP contribution in [0.15, 0.2) is 48.0 Å². The second-order valence-electron chi connectivity index (χ2n) is 6.13. The molecule has 0 saturated heterocycles. The highest BCUT2D eigenvalue weighted by molar-refractivity contribution is 6.11. The number of nitrogens with zero attached hydrogens (tertiary/aromatic N) is 1. The summed E-state index contributed by atoms with van der Waals surface area (Å²) in [6, 6.07) is 15.5. The second-order valence-corrected chi connectivity index (χ2v) is 6.13. The molecule has 3 aromatic rings. The van der Waals surface area contributed by atoms with Crippen LogP contribution in [0.5, 0.6) is 0 Å². The first-order valence-electron chi connectivity index (χ1n) is 8.07. The molecule has 0 fully saturated rings. The Morgan fingerprint density at radius 3 is 2.60 bits per heavy atom. The Morgan fingerprint density at radius 2 is 1.88 bits per heavy atom. The maximum atomic E-state index is 12.5. The van der Waals surface area contributed by atoms with E-state index < -0.39 is 5.91 Å². The van der Waals surface area contributed by atoms with Gasteiger partial charge in [-0.25, -0.2) is 0 Å². The first-order valence-corrected chi connectivity index (χ1v) is 8.07. The number of fused-ring (bicyclic) bond motifs is 1. The van der Waals surface area contributed by atoms with Crippen molar-refractivity contribution in [2.24, 2.45) is 0 Å². The van der Waals surface area contributed by atoms with Gasteiger partial charge >= 0.3 is 0 Å². The summed E-state index contributed by atoms with van der Waals surface area (Å²) in [6.07, 6.45) is 1.64. The highest BCUT2D eigenvalue weighted by Crippen LogP contribution is 2.24. The normalized spacial score (nSPS) is 11.4.